The SMILES string of the molecule is CC(=O)NCC1CCC(F)(F)C(C2=C(N)CCN(C(=O)c3ccc(Cl)c(Cl)c3)C2)=NC1. The molecular weight excluding hydrogens is 449 g/mol. The summed E-state index contributed by atoms with van der Waals surface area (Å²) in [6, 6.07) is 4.52. The van der Waals surface area contributed by atoms with Crippen molar-refractivity contribution in [2.45, 2.75) is 32.1 Å². The van der Waals surface area contributed by atoms with Crippen LogP contribution in [0, 0.1) is 5.92 Å². The molecule has 2 aliphatic rings. The van der Waals surface area contributed by atoms with Crippen LogP contribution < -0.4 is 11.1 Å². The molecule has 10 heteroatoms. The van der Waals surface area contributed by atoms with Gasteiger partial charge in [-0.2, -0.15) is 8.78 Å². The van der Waals surface area contributed by atoms with Gasteiger partial charge in [-0.15, -0.1) is 0 Å². The molecule has 2 amide bonds. The summed E-state index contributed by atoms with van der Waals surface area (Å²) in [7, 11) is 0. The van der Waals surface area contributed by atoms with Gasteiger partial charge in [-0.3, -0.25) is 14.6 Å². The second-order valence-electron chi connectivity index (χ2n) is 7.84. The Kier molecular flexibility index (Phi) is 7.21. The fraction of sp³-hybridized carbons (Fsp3) is 0.476. The Labute approximate surface area is 189 Å². The fourth-order valence-electron chi connectivity index (χ4n) is 3.69. The smallest absolute Gasteiger partial charge is 0.289 e. The summed E-state index contributed by atoms with van der Waals surface area (Å²) in [4.78, 5) is 29.7. The monoisotopic (exact) mass is 472 g/mol. The van der Waals surface area contributed by atoms with Gasteiger partial charge in [0.15, 0.2) is 0 Å². The molecule has 1 atom stereocenters. The van der Waals surface area contributed by atoms with Crippen molar-refractivity contribution in [2.24, 2.45) is 16.6 Å². The van der Waals surface area contributed by atoms with Crippen LogP contribution in [-0.4, -0.2) is 54.5 Å². The number of alkyl halides is 2. The zero-order valence-corrected chi connectivity index (χ0v) is 18.6. The number of rotatable bonds is 4. The molecule has 1 aromatic carbocycles. The van der Waals surface area contributed by atoms with Crippen LogP contribution in [0.2, 0.25) is 10.0 Å². The summed E-state index contributed by atoms with van der Waals surface area (Å²) in [5.74, 6) is -3.91. The molecule has 0 saturated carbocycles. The molecule has 0 radical (unpaired) electrons. The minimum Gasteiger partial charge on any atom is -0.402 e. The van der Waals surface area contributed by atoms with Gasteiger partial charge < -0.3 is 16.0 Å². The first kappa shape index (κ1) is 23.5. The van der Waals surface area contributed by atoms with E-state index in [1.165, 1.54) is 24.0 Å². The predicted octanol–water partition coefficient (Wildman–Crippen LogP) is 3.67. The van der Waals surface area contributed by atoms with Crippen LogP contribution in [0.3, 0.4) is 0 Å². The van der Waals surface area contributed by atoms with Crippen LogP contribution in [0.1, 0.15) is 36.5 Å². The van der Waals surface area contributed by atoms with Crippen LogP contribution in [-0.2, 0) is 4.79 Å². The Bertz CT molecular complexity index is 949. The van der Waals surface area contributed by atoms with Gasteiger partial charge >= 0.3 is 0 Å². The first-order valence-corrected chi connectivity index (χ1v) is 10.7. The van der Waals surface area contributed by atoms with Crippen LogP contribution >= 0.6 is 23.2 Å². The number of benzene rings is 1. The molecule has 0 fully saturated rings. The molecule has 0 bridgehead atoms. The second kappa shape index (κ2) is 9.53. The first-order chi connectivity index (χ1) is 14.6. The topological polar surface area (TPSA) is 87.8 Å². The molecule has 1 aromatic rings. The highest BCUT2D eigenvalue weighted by Crippen LogP contribution is 2.34. The van der Waals surface area contributed by atoms with E-state index in [0.29, 0.717) is 29.4 Å². The Morgan fingerprint density at radius 1 is 1.32 bits per heavy atom. The third kappa shape index (κ3) is 5.54. The summed E-state index contributed by atoms with van der Waals surface area (Å²) in [5.41, 5.74) is 6.57. The summed E-state index contributed by atoms with van der Waals surface area (Å²) in [6.07, 6.45) is 0.0970. The molecule has 3 rings (SSSR count). The van der Waals surface area contributed by atoms with E-state index in [0.717, 1.165) is 0 Å². The van der Waals surface area contributed by atoms with Crippen molar-refractivity contribution in [3.05, 3.63) is 45.1 Å². The lowest BCUT2D eigenvalue weighted by Crippen LogP contribution is -2.43. The van der Waals surface area contributed by atoms with Crippen molar-refractivity contribution in [3.63, 3.8) is 0 Å². The quantitative estimate of drug-likeness (QED) is 0.700. The van der Waals surface area contributed by atoms with Crippen molar-refractivity contribution >= 4 is 40.7 Å². The maximum absolute atomic E-state index is 15.0. The molecule has 1 unspecified atom stereocenters. The average molecular weight is 473 g/mol. The van der Waals surface area contributed by atoms with Crippen molar-refractivity contribution < 1.29 is 18.4 Å². The highest BCUT2D eigenvalue weighted by Gasteiger charge is 2.42. The van der Waals surface area contributed by atoms with Gasteiger partial charge in [-0.1, -0.05) is 23.2 Å². The predicted molar refractivity (Wildman–Crippen MR) is 117 cm³/mol. The van der Waals surface area contributed by atoms with Gasteiger partial charge in [-0.25, -0.2) is 0 Å². The Morgan fingerprint density at radius 3 is 2.74 bits per heavy atom. The largest absolute Gasteiger partial charge is 0.402 e. The van der Waals surface area contributed by atoms with Crippen molar-refractivity contribution in [1.29, 1.82) is 0 Å². The number of carbonyl (C=O) groups excluding carboxylic acids is 2. The molecule has 0 aromatic heterocycles. The first-order valence-electron chi connectivity index (χ1n) is 9.98. The van der Waals surface area contributed by atoms with Crippen LogP contribution in [0.25, 0.3) is 0 Å². The van der Waals surface area contributed by atoms with E-state index in [9.17, 15) is 18.4 Å². The molecule has 2 aliphatic heterocycles. The minimum atomic E-state index is -3.17. The van der Waals surface area contributed by atoms with E-state index in [-0.39, 0.29) is 60.0 Å². The molecule has 6 nitrogen and oxygen atoms in total. The number of amides is 2. The van der Waals surface area contributed by atoms with E-state index < -0.39 is 12.3 Å². The number of hydrogen-bond acceptors (Lipinski definition) is 4. The Morgan fingerprint density at radius 2 is 2.06 bits per heavy atom. The fourth-order valence-corrected chi connectivity index (χ4v) is 3.99. The van der Waals surface area contributed by atoms with E-state index in [1.54, 1.807) is 6.07 Å². The van der Waals surface area contributed by atoms with Crippen LogP contribution in [0.4, 0.5) is 8.78 Å². The lowest BCUT2D eigenvalue weighted by atomic mass is 9.94. The molecule has 2 heterocycles. The standard InChI is InChI=1S/C21H24Cl2F2N4O2/c1-12(30)27-9-13-4-6-21(24,25)19(28-10-13)15-11-29(7-5-18(15)26)20(31)14-2-3-16(22)17(23)8-14/h2-3,8,13H,4-7,9-11,26H2,1H3,(H,27,30). The van der Waals surface area contributed by atoms with Gasteiger partial charge in [0.05, 0.1) is 10.0 Å². The van der Waals surface area contributed by atoms with Crippen molar-refractivity contribution in [1.82, 2.24) is 10.2 Å². The molecule has 3 N–H and O–H groups in total. The average Bonchev–Trinajstić information content (AvgIpc) is 2.86. The molecule has 168 valence electrons. The number of carbonyl (C=O) groups is 2. The number of nitrogens with one attached hydrogen (secondary N) is 1. The number of halogens is 4. The van der Waals surface area contributed by atoms with Gasteiger partial charge in [0.1, 0.15) is 5.71 Å². The van der Waals surface area contributed by atoms with Crippen LogP contribution in [0.15, 0.2) is 34.5 Å². The lowest BCUT2D eigenvalue weighted by Gasteiger charge is -2.32. The number of nitrogens with two attached hydrogens (primary N) is 1. The Balaban J connectivity index is 1.81. The van der Waals surface area contributed by atoms with E-state index in [2.05, 4.69) is 10.3 Å². The molecular formula is C21H24Cl2F2N4O2. The van der Waals surface area contributed by atoms with E-state index in [1.807, 2.05) is 0 Å². The van der Waals surface area contributed by atoms with Crippen molar-refractivity contribution in [2.75, 3.05) is 26.2 Å². The van der Waals surface area contributed by atoms with Gasteiger partial charge in [0, 0.05) is 62.8 Å². The molecule has 0 saturated heterocycles. The zero-order chi connectivity index (χ0) is 22.8. The zero-order valence-electron chi connectivity index (χ0n) is 17.1. The maximum Gasteiger partial charge on any atom is 0.289 e. The third-order valence-electron chi connectivity index (χ3n) is 5.49. The summed E-state index contributed by atoms with van der Waals surface area (Å²) in [6.45, 7) is 2.07. The van der Waals surface area contributed by atoms with Crippen molar-refractivity contribution in [3.8, 4) is 0 Å². The second-order valence-corrected chi connectivity index (χ2v) is 8.66. The normalized spacial score (nSPS) is 21.4. The number of hydrogen-bond donors (Lipinski definition) is 2. The third-order valence-corrected chi connectivity index (χ3v) is 6.23. The number of aliphatic imine (C=N–C) groups is 1. The highest BCUT2D eigenvalue weighted by atomic mass is 35.5. The number of nitrogens with zero attached hydrogens (tertiary/aromatic N) is 2. The molecule has 0 spiro atoms. The van der Waals surface area contributed by atoms with Gasteiger partial charge in [-0.05, 0) is 30.5 Å². The maximum atomic E-state index is 15.0. The summed E-state index contributed by atoms with van der Waals surface area (Å²) >= 11 is 11.9. The molecule has 31 heavy (non-hydrogen) atoms. The van der Waals surface area contributed by atoms with Gasteiger partial charge in [0.2, 0.25) is 5.91 Å². The minimum absolute atomic E-state index is 0.0598. The summed E-state index contributed by atoms with van der Waals surface area (Å²) in [5, 5.41) is 3.22. The summed E-state index contributed by atoms with van der Waals surface area (Å²) < 4.78 is 29.9. The van der Waals surface area contributed by atoms with E-state index in [4.69, 9.17) is 28.9 Å². The van der Waals surface area contributed by atoms with E-state index >= 15 is 0 Å². The highest BCUT2D eigenvalue weighted by molar-refractivity contribution is 6.42. The lowest BCUT2D eigenvalue weighted by molar-refractivity contribution is -0.119. The Hall–Kier alpha value is -2.19. The molecule has 0 aliphatic carbocycles. The van der Waals surface area contributed by atoms with Crippen LogP contribution in [0.5, 0.6) is 0 Å². The van der Waals surface area contributed by atoms with Gasteiger partial charge in [0.25, 0.3) is 11.8 Å².